The van der Waals surface area contributed by atoms with Gasteiger partial charge in [-0.3, -0.25) is 0 Å². The Bertz CT molecular complexity index is 2920. The van der Waals surface area contributed by atoms with E-state index in [9.17, 15) is 0 Å². The molecule has 11 rings (SSSR count). The molecular formula is C49H34N5+. The Morgan fingerprint density at radius 2 is 1.35 bits per heavy atom. The van der Waals surface area contributed by atoms with Gasteiger partial charge >= 0.3 is 6.21 Å². The van der Waals surface area contributed by atoms with Gasteiger partial charge in [-0.1, -0.05) is 97.1 Å². The van der Waals surface area contributed by atoms with E-state index < -0.39 is 5.41 Å². The third kappa shape index (κ3) is 4.04. The highest BCUT2D eigenvalue weighted by atomic mass is 15.0. The Balaban J connectivity index is 0.985. The number of benzene rings is 6. The number of aromatic nitrogens is 2. The van der Waals surface area contributed by atoms with Crippen LogP contribution < -0.4 is 9.98 Å². The Kier molecular flexibility index (Phi) is 6.42. The predicted molar refractivity (Wildman–Crippen MR) is 224 cm³/mol. The normalized spacial score (nSPS) is 13.9. The van der Waals surface area contributed by atoms with Crippen molar-refractivity contribution in [1.82, 2.24) is 14.2 Å². The number of anilines is 2. The summed E-state index contributed by atoms with van der Waals surface area (Å²) in [5.74, 6) is 0. The van der Waals surface area contributed by atoms with E-state index in [1.54, 1.807) is 0 Å². The monoisotopic (exact) mass is 692 g/mol. The van der Waals surface area contributed by atoms with Gasteiger partial charge in [0.25, 0.3) is 6.21 Å². The highest BCUT2D eigenvalue weighted by Gasteiger charge is 2.52. The van der Waals surface area contributed by atoms with E-state index in [0.29, 0.717) is 0 Å². The fourth-order valence-corrected chi connectivity index (χ4v) is 9.46. The van der Waals surface area contributed by atoms with Crippen molar-refractivity contribution in [2.24, 2.45) is 0 Å². The van der Waals surface area contributed by atoms with Crippen molar-refractivity contribution < 1.29 is 0 Å². The van der Waals surface area contributed by atoms with Gasteiger partial charge in [0.15, 0.2) is 0 Å². The first-order valence-electron chi connectivity index (χ1n) is 18.4. The molecule has 254 valence electrons. The summed E-state index contributed by atoms with van der Waals surface area (Å²) >= 11 is 0. The zero-order valence-electron chi connectivity index (χ0n) is 29.6. The summed E-state index contributed by atoms with van der Waals surface area (Å²) < 4.78 is 6.57. The molecule has 8 aromatic rings. The van der Waals surface area contributed by atoms with Gasteiger partial charge in [0, 0.05) is 63.3 Å². The molecule has 3 aliphatic rings. The van der Waals surface area contributed by atoms with Gasteiger partial charge in [-0.2, -0.15) is 0 Å². The zero-order valence-corrected chi connectivity index (χ0v) is 29.6. The van der Waals surface area contributed by atoms with E-state index >= 15 is 0 Å². The molecule has 0 radical (unpaired) electrons. The quantitative estimate of drug-likeness (QED) is 0.118. The summed E-state index contributed by atoms with van der Waals surface area (Å²) in [5, 5.41) is 13.4. The lowest BCUT2D eigenvalue weighted by molar-refractivity contribution is 0.796. The molecule has 0 atom stereocenters. The van der Waals surface area contributed by atoms with Crippen LogP contribution in [0.1, 0.15) is 39.1 Å². The van der Waals surface area contributed by atoms with E-state index in [4.69, 9.17) is 5.41 Å². The Hall–Kier alpha value is -7.20. The molecule has 3 heterocycles. The summed E-state index contributed by atoms with van der Waals surface area (Å²) in [6.07, 6.45) is 9.37. The molecule has 0 saturated heterocycles. The van der Waals surface area contributed by atoms with Crippen molar-refractivity contribution in [2.75, 3.05) is 5.32 Å². The van der Waals surface area contributed by atoms with Crippen LogP contribution in [0, 0.1) is 12.3 Å². The third-order valence-corrected chi connectivity index (χ3v) is 11.7. The molecule has 0 unspecified atom stereocenters. The van der Waals surface area contributed by atoms with E-state index in [-0.39, 0.29) is 0 Å². The number of hydrogen-bond donors (Lipinski definition) is 3. The molecule has 1 spiro atoms. The molecule has 3 N–H and O–H groups in total. The van der Waals surface area contributed by atoms with Crippen LogP contribution in [0.5, 0.6) is 0 Å². The molecule has 2 aromatic heterocycles. The van der Waals surface area contributed by atoms with Crippen molar-refractivity contribution in [3.05, 3.63) is 191 Å². The van der Waals surface area contributed by atoms with Gasteiger partial charge in [0.05, 0.1) is 22.2 Å². The molecule has 2 aliphatic carbocycles. The highest BCUT2D eigenvalue weighted by molar-refractivity contribution is 6.19. The number of aromatic amines is 1. The number of rotatable bonds is 6. The molecule has 0 amide bonds. The standard InChI is InChI=1S/C49H33N5/c1-30-39(28-50)46-45(23-22-42-47(46)48-43(25-27-52-48)49(42)40-11-5-2-9-37(40)38-10-3-6-12-41(38)49)54(30)35-20-16-32(17-21-35)31-14-18-34(19-15-31)53-44-13-7-4-8-36(44)33-24-26-51-29-33/h2-29,50,52H,1H3/p+1. The van der Waals surface area contributed by atoms with Gasteiger partial charge in [0.2, 0.25) is 0 Å². The molecular weight excluding hydrogens is 659 g/mol. The van der Waals surface area contributed by atoms with Crippen LogP contribution in [0.3, 0.4) is 0 Å². The fourth-order valence-electron chi connectivity index (χ4n) is 9.46. The average Bonchev–Trinajstić information content (AvgIpc) is 4.05. The Morgan fingerprint density at radius 3 is 2.04 bits per heavy atom. The topological polar surface area (TPSA) is 70.7 Å². The van der Waals surface area contributed by atoms with Crippen molar-refractivity contribution in [2.45, 2.75) is 12.3 Å². The number of para-hydroxylation sites is 1. The van der Waals surface area contributed by atoms with Crippen LogP contribution in [0.2, 0.25) is 0 Å². The first kappa shape index (κ1) is 30.4. The summed E-state index contributed by atoms with van der Waals surface area (Å²) in [5.41, 5.74) is 20.4. The van der Waals surface area contributed by atoms with Gasteiger partial charge < -0.3 is 20.3 Å². The number of hydrogen-bond acceptors (Lipinski definition) is 2. The molecule has 54 heavy (non-hydrogen) atoms. The van der Waals surface area contributed by atoms with Gasteiger partial charge in [-0.25, -0.2) is 0 Å². The minimum Gasteiger partial charge on any atom is -0.361 e. The number of fused-ring (bicyclic) bond motifs is 12. The lowest BCUT2D eigenvalue weighted by atomic mass is 9.71. The van der Waals surface area contributed by atoms with E-state index in [2.05, 4.69) is 166 Å². The minimum absolute atomic E-state index is 0.418. The first-order valence-corrected chi connectivity index (χ1v) is 18.4. The smallest absolute Gasteiger partial charge is 0.300 e. The third-order valence-electron chi connectivity index (χ3n) is 11.7. The van der Waals surface area contributed by atoms with Crippen molar-refractivity contribution in [3.63, 3.8) is 0 Å². The largest absolute Gasteiger partial charge is 0.361 e. The molecule has 5 nitrogen and oxygen atoms in total. The van der Waals surface area contributed by atoms with Gasteiger partial charge in [0.1, 0.15) is 0 Å². The van der Waals surface area contributed by atoms with Crippen LogP contribution in [0.25, 0.3) is 55.7 Å². The molecule has 0 fully saturated rings. The maximum absolute atomic E-state index is 8.71. The van der Waals surface area contributed by atoms with Crippen molar-refractivity contribution in [1.29, 1.82) is 5.41 Å². The van der Waals surface area contributed by atoms with Crippen LogP contribution >= 0.6 is 0 Å². The maximum atomic E-state index is 8.71. The molecule has 1 aliphatic heterocycles. The number of allylic oxidation sites excluding steroid dienone is 2. The lowest BCUT2D eigenvalue weighted by Gasteiger charge is -2.29. The molecule has 0 bridgehead atoms. The Labute approximate surface area is 312 Å². The average molecular weight is 693 g/mol. The fraction of sp³-hybridized carbons (Fsp3) is 0.0408. The second kappa shape index (κ2) is 11.4. The van der Waals surface area contributed by atoms with Crippen molar-refractivity contribution >= 4 is 46.5 Å². The molecule has 5 heteroatoms. The van der Waals surface area contributed by atoms with E-state index in [0.717, 1.165) is 67.2 Å². The SMILES string of the molecule is Cc1c(C=N)c2c3c(ccc2n1-c1ccc(-c2ccc(Nc4ccccc4C4=CC=[N+]=C4)cc2)cc1)C1(c2ccccc2-c2ccccc21)c1cc[nH]c1-3. The van der Waals surface area contributed by atoms with Gasteiger partial charge in [-0.05, 0) is 93.9 Å². The summed E-state index contributed by atoms with van der Waals surface area (Å²) in [4.78, 5) is 3.66. The van der Waals surface area contributed by atoms with Crippen LogP contribution in [-0.4, -0.2) is 28.2 Å². The van der Waals surface area contributed by atoms with E-state index in [1.807, 2.05) is 24.6 Å². The maximum Gasteiger partial charge on any atom is 0.300 e. The van der Waals surface area contributed by atoms with Crippen LogP contribution in [0.4, 0.5) is 11.4 Å². The van der Waals surface area contributed by atoms with Crippen LogP contribution in [-0.2, 0) is 5.41 Å². The van der Waals surface area contributed by atoms with Gasteiger partial charge in [-0.15, -0.1) is 4.67 Å². The Morgan fingerprint density at radius 1 is 0.685 bits per heavy atom. The summed E-state index contributed by atoms with van der Waals surface area (Å²) in [7, 11) is 0. The minimum atomic E-state index is -0.418. The number of H-pyrrole nitrogens is 1. The number of nitrogens with one attached hydrogen (secondary N) is 3. The summed E-state index contributed by atoms with van der Waals surface area (Å²) in [6.45, 7) is 2.14. The predicted octanol–water partition coefficient (Wildman–Crippen LogP) is 10.6. The first-order chi connectivity index (χ1) is 26.7. The second-order valence-electron chi connectivity index (χ2n) is 14.3. The summed E-state index contributed by atoms with van der Waals surface area (Å²) in [6, 6.07) is 50.3. The van der Waals surface area contributed by atoms with Crippen molar-refractivity contribution in [3.8, 4) is 39.2 Å². The molecule has 6 aromatic carbocycles. The molecule has 0 saturated carbocycles. The number of nitrogens with zero attached hydrogens (tertiary/aromatic N) is 2. The van der Waals surface area contributed by atoms with Crippen LogP contribution in [0.15, 0.2) is 152 Å². The van der Waals surface area contributed by atoms with E-state index in [1.165, 1.54) is 45.2 Å². The lowest BCUT2D eigenvalue weighted by Crippen LogP contribution is -2.25. The zero-order chi connectivity index (χ0) is 36.0. The highest BCUT2D eigenvalue weighted by Crippen LogP contribution is 2.63. The second-order valence-corrected chi connectivity index (χ2v) is 14.3.